The number of aliphatic hydroxyl groups is 2. The van der Waals surface area contributed by atoms with Crippen LogP contribution < -0.4 is 14.2 Å². The highest BCUT2D eigenvalue weighted by Crippen LogP contribution is 2.57. The summed E-state index contributed by atoms with van der Waals surface area (Å²) < 4.78 is 20.8. The van der Waals surface area contributed by atoms with E-state index in [1.165, 1.54) is 6.07 Å². The van der Waals surface area contributed by atoms with Crippen LogP contribution in [0.2, 0.25) is 0 Å². The summed E-state index contributed by atoms with van der Waals surface area (Å²) >= 11 is 0. The molecule has 0 spiro atoms. The Bertz CT molecular complexity index is 1430. The van der Waals surface area contributed by atoms with E-state index in [4.69, 9.17) is 14.2 Å². The molecule has 0 bridgehead atoms. The summed E-state index contributed by atoms with van der Waals surface area (Å²) in [5, 5.41) is 31.2. The van der Waals surface area contributed by atoms with Crippen LogP contribution in [-0.4, -0.2) is 33.1 Å². The molecule has 3 aromatic carbocycles. The number of pyridine rings is 1. The Morgan fingerprint density at radius 1 is 0.564 bits per heavy atom. The van der Waals surface area contributed by atoms with Crippen LogP contribution in [0.4, 0.5) is 0 Å². The van der Waals surface area contributed by atoms with Gasteiger partial charge in [0.1, 0.15) is 31.3 Å². The highest BCUT2D eigenvalue weighted by molar-refractivity contribution is 5.89. The van der Waals surface area contributed by atoms with Crippen molar-refractivity contribution in [2.24, 2.45) is 0 Å². The van der Waals surface area contributed by atoms with Gasteiger partial charge in [0.2, 0.25) is 5.75 Å². The molecule has 0 atom stereocenters. The van der Waals surface area contributed by atoms with Crippen molar-refractivity contribution in [3.8, 4) is 34.3 Å². The number of aliphatic hydroxyl groups excluding tert-OH is 2. The molecule has 1 aliphatic carbocycles. The molecule has 0 fully saturated rings. The van der Waals surface area contributed by atoms with Gasteiger partial charge >= 0.3 is 0 Å². The molecule has 7 nitrogen and oxygen atoms in total. The maximum Gasteiger partial charge on any atom is 0.207 e. The molecule has 39 heavy (non-hydrogen) atoms. The van der Waals surface area contributed by atoms with Crippen molar-refractivity contribution in [1.82, 2.24) is 4.57 Å². The van der Waals surface area contributed by atoms with E-state index >= 15 is 0 Å². The first-order valence-electron chi connectivity index (χ1n) is 12.8. The maximum absolute atomic E-state index is 11.1. The zero-order chi connectivity index (χ0) is 27.0. The van der Waals surface area contributed by atoms with Crippen molar-refractivity contribution in [1.29, 1.82) is 0 Å². The van der Waals surface area contributed by atoms with E-state index in [1.54, 1.807) is 10.8 Å². The second-order valence-corrected chi connectivity index (χ2v) is 9.16. The summed E-state index contributed by atoms with van der Waals surface area (Å²) in [5.41, 5.74) is 3.68. The lowest BCUT2D eigenvalue weighted by molar-refractivity contribution is 0.154. The number of ether oxygens (including phenoxy) is 3. The van der Waals surface area contributed by atoms with E-state index < -0.39 is 6.04 Å². The average molecular weight is 526 g/mol. The minimum atomic E-state index is -0.668. The van der Waals surface area contributed by atoms with Crippen molar-refractivity contribution < 1.29 is 29.5 Å². The lowest BCUT2D eigenvalue weighted by atomic mass is 10.1. The highest BCUT2D eigenvalue weighted by atomic mass is 16.5. The Kier molecular flexibility index (Phi) is 8.31. The summed E-state index contributed by atoms with van der Waals surface area (Å²) in [5.74, 6) is 0.994. The highest BCUT2D eigenvalue weighted by Gasteiger charge is 2.34. The van der Waals surface area contributed by atoms with Gasteiger partial charge in [0.05, 0.1) is 24.8 Å². The number of fused-ring (bicyclic) bond motifs is 1. The van der Waals surface area contributed by atoms with Crippen molar-refractivity contribution in [2.75, 3.05) is 13.2 Å². The van der Waals surface area contributed by atoms with E-state index in [1.807, 2.05) is 91.0 Å². The first-order valence-corrected chi connectivity index (χ1v) is 12.8. The summed E-state index contributed by atoms with van der Waals surface area (Å²) in [6, 6.07) is 30.0. The van der Waals surface area contributed by atoms with Crippen molar-refractivity contribution in [3.63, 3.8) is 0 Å². The molecule has 0 saturated heterocycles. The predicted molar refractivity (Wildman–Crippen MR) is 148 cm³/mol. The van der Waals surface area contributed by atoms with Gasteiger partial charge in [-0.1, -0.05) is 91.0 Å². The Morgan fingerprint density at radius 3 is 1.46 bits per heavy atom. The van der Waals surface area contributed by atoms with Gasteiger partial charge in [0.15, 0.2) is 11.5 Å². The zero-order valence-corrected chi connectivity index (χ0v) is 21.4. The second kappa shape index (κ2) is 12.4. The maximum atomic E-state index is 11.1. The van der Waals surface area contributed by atoms with Gasteiger partial charge in [-0.25, -0.2) is 0 Å². The standard InChI is InChI=1S/C32H31NO6/c34-18-26(19-35)33-17-16-27(36)28-29(33)31(38-21-24-12-6-2-7-13-24)32(39-22-25-14-8-3-9-15-25)30(28)37-20-23-10-4-1-5-11-23/h1-17,26,34-36H,18-22H2. The van der Waals surface area contributed by atoms with Crippen molar-refractivity contribution in [3.05, 3.63) is 120 Å². The Balaban J connectivity index is 1.64. The van der Waals surface area contributed by atoms with Crippen LogP contribution in [0.25, 0.3) is 11.3 Å². The molecule has 5 rings (SSSR count). The fourth-order valence-corrected chi connectivity index (χ4v) is 4.47. The summed E-state index contributed by atoms with van der Waals surface area (Å²) in [6.45, 7) is 0.0795. The molecule has 1 heterocycles. The normalized spacial score (nSPS) is 11.2. The van der Waals surface area contributed by atoms with Crippen LogP contribution in [0.15, 0.2) is 103 Å². The van der Waals surface area contributed by atoms with E-state index in [-0.39, 0.29) is 38.8 Å². The molecule has 0 aromatic heterocycles. The number of hydrogen-bond acceptors (Lipinski definition) is 6. The van der Waals surface area contributed by atoms with Gasteiger partial charge < -0.3 is 34.1 Å². The van der Waals surface area contributed by atoms with Crippen LogP contribution >= 0.6 is 0 Å². The molecular weight excluding hydrogens is 494 g/mol. The smallest absolute Gasteiger partial charge is 0.207 e. The number of rotatable bonds is 12. The Morgan fingerprint density at radius 2 is 1.00 bits per heavy atom. The van der Waals surface area contributed by atoms with E-state index in [2.05, 4.69) is 0 Å². The molecule has 0 saturated carbocycles. The number of aromatic hydroxyl groups is 1. The number of nitrogens with zero attached hydrogens (tertiary/aromatic N) is 1. The monoisotopic (exact) mass is 525 g/mol. The predicted octanol–water partition coefficient (Wildman–Crippen LogP) is 5.56. The molecule has 1 aliphatic heterocycles. The molecule has 0 amide bonds. The quantitative estimate of drug-likeness (QED) is 0.197. The lowest BCUT2D eigenvalue weighted by Crippen LogP contribution is -2.19. The summed E-state index contributed by atoms with van der Waals surface area (Å²) in [6.07, 6.45) is 1.62. The third-order valence-corrected chi connectivity index (χ3v) is 6.49. The van der Waals surface area contributed by atoms with Crippen LogP contribution in [0, 0.1) is 0 Å². The molecule has 0 radical (unpaired) electrons. The van der Waals surface area contributed by atoms with Crippen LogP contribution in [-0.2, 0) is 19.8 Å². The van der Waals surface area contributed by atoms with Gasteiger partial charge in [0, 0.05) is 6.20 Å². The molecule has 7 heteroatoms. The van der Waals surface area contributed by atoms with Gasteiger partial charge in [-0.3, -0.25) is 0 Å². The van der Waals surface area contributed by atoms with Crippen LogP contribution in [0.5, 0.6) is 23.0 Å². The van der Waals surface area contributed by atoms with Gasteiger partial charge in [0.25, 0.3) is 0 Å². The molecule has 0 unspecified atom stereocenters. The van der Waals surface area contributed by atoms with E-state index in [0.29, 0.717) is 28.5 Å². The first-order chi connectivity index (χ1) is 19.2. The Labute approximate surface area is 227 Å². The fourth-order valence-electron chi connectivity index (χ4n) is 4.47. The molecule has 3 N–H and O–H groups in total. The fraction of sp³-hybridized carbons (Fsp3) is 0.188. The second-order valence-electron chi connectivity index (χ2n) is 9.16. The van der Waals surface area contributed by atoms with Gasteiger partial charge in [-0.15, -0.1) is 0 Å². The third kappa shape index (κ3) is 5.85. The largest absolute Gasteiger partial charge is 0.507 e. The van der Waals surface area contributed by atoms with Gasteiger partial charge in [-0.2, -0.15) is 0 Å². The van der Waals surface area contributed by atoms with Crippen LogP contribution in [0.1, 0.15) is 22.7 Å². The molecule has 3 aromatic rings. The lowest BCUT2D eigenvalue weighted by Gasteiger charge is -2.22. The molecule has 200 valence electrons. The van der Waals surface area contributed by atoms with Gasteiger partial charge in [-0.05, 0) is 22.8 Å². The minimum Gasteiger partial charge on any atom is -0.507 e. The first kappa shape index (κ1) is 26.2. The third-order valence-electron chi connectivity index (χ3n) is 6.49. The van der Waals surface area contributed by atoms with Crippen molar-refractivity contribution >= 4 is 0 Å². The number of hydrogen-bond donors (Lipinski definition) is 3. The number of benzene rings is 3. The number of aromatic nitrogens is 1. The zero-order valence-electron chi connectivity index (χ0n) is 21.4. The molecule has 2 aliphatic rings. The minimum absolute atomic E-state index is 0.0296. The molecular formula is C32H31NO6. The Hall–Kier alpha value is -4.46. The van der Waals surface area contributed by atoms with E-state index in [0.717, 1.165) is 16.7 Å². The van der Waals surface area contributed by atoms with E-state index in [9.17, 15) is 15.3 Å². The summed E-state index contributed by atoms with van der Waals surface area (Å²) in [4.78, 5) is 0. The average Bonchev–Trinajstić information content (AvgIpc) is 3.31. The topological polar surface area (TPSA) is 93.3 Å². The van der Waals surface area contributed by atoms with Crippen molar-refractivity contribution in [2.45, 2.75) is 25.9 Å². The summed E-state index contributed by atoms with van der Waals surface area (Å²) in [7, 11) is 0. The SMILES string of the molecule is OCC(CO)n1ccc(O)c2c(OCc3ccccc3)c(OCc3ccccc3)c(OCc3ccccc3)c1-2. The van der Waals surface area contributed by atoms with Crippen LogP contribution in [0.3, 0.4) is 0 Å².